The van der Waals surface area contributed by atoms with Crippen molar-refractivity contribution in [3.63, 3.8) is 0 Å². The van der Waals surface area contributed by atoms with Crippen LogP contribution < -0.4 is 4.74 Å². The van der Waals surface area contributed by atoms with E-state index < -0.39 is 21.2 Å². The van der Waals surface area contributed by atoms with Crippen molar-refractivity contribution >= 4 is 34.1 Å². The Morgan fingerprint density at radius 3 is 2.47 bits per heavy atom. The number of imidazole rings is 1. The fraction of sp³-hybridized carbons (Fsp3) is 0. The van der Waals surface area contributed by atoms with Gasteiger partial charge in [-0.25, -0.2) is 4.98 Å². The smallest absolute Gasteiger partial charge is 0.318 e. The number of nitrogens with zero attached hydrogens (tertiary/aromatic N) is 4. The largest absolute Gasteiger partial charge is 0.449 e. The Bertz CT molecular complexity index is 1400. The summed E-state index contributed by atoms with van der Waals surface area (Å²) >= 11 is 0. The van der Waals surface area contributed by atoms with Gasteiger partial charge in [-0.05, 0) is 30.3 Å². The average Bonchev–Trinajstić information content (AvgIpc) is 3.22. The van der Waals surface area contributed by atoms with E-state index in [1.165, 1.54) is 6.07 Å². The molecular weight excluding hydrogens is 414 g/mol. The molecule has 156 valence electrons. The van der Waals surface area contributed by atoms with Gasteiger partial charge in [-0.2, -0.15) is 5.26 Å². The fourth-order valence-electron chi connectivity index (χ4n) is 3.05. The Labute approximate surface area is 180 Å². The zero-order valence-corrected chi connectivity index (χ0v) is 16.3. The van der Waals surface area contributed by atoms with Crippen LogP contribution >= 0.6 is 0 Å². The Hall–Kier alpha value is -5.04. The van der Waals surface area contributed by atoms with Crippen molar-refractivity contribution in [1.29, 1.82) is 5.26 Å². The molecule has 0 aliphatic rings. The van der Waals surface area contributed by atoms with Gasteiger partial charge in [-0.3, -0.25) is 20.2 Å². The number of para-hydroxylation sites is 3. The highest BCUT2D eigenvalue weighted by Crippen LogP contribution is 2.36. The van der Waals surface area contributed by atoms with Gasteiger partial charge in [0.15, 0.2) is 0 Å². The van der Waals surface area contributed by atoms with E-state index in [1.807, 2.05) is 24.3 Å². The summed E-state index contributed by atoms with van der Waals surface area (Å²) in [5.74, 6) is 0.432. The van der Waals surface area contributed by atoms with Crippen LogP contribution in [-0.2, 0) is 0 Å². The molecule has 32 heavy (non-hydrogen) atoms. The molecule has 4 rings (SSSR count). The third kappa shape index (κ3) is 3.99. The summed E-state index contributed by atoms with van der Waals surface area (Å²) in [6, 6.07) is 19.2. The number of allylic oxidation sites excluding steroid dienone is 1. The maximum Gasteiger partial charge on any atom is 0.318 e. The highest BCUT2D eigenvalue weighted by Gasteiger charge is 2.22. The zero-order valence-electron chi connectivity index (χ0n) is 16.3. The van der Waals surface area contributed by atoms with E-state index in [9.17, 15) is 25.5 Å². The average molecular weight is 427 g/mol. The first-order valence-electron chi connectivity index (χ1n) is 9.23. The van der Waals surface area contributed by atoms with Crippen LogP contribution in [0.2, 0.25) is 0 Å². The van der Waals surface area contributed by atoms with E-state index in [2.05, 4.69) is 16.0 Å². The molecule has 0 fully saturated rings. The number of ether oxygens (including phenoxy) is 1. The van der Waals surface area contributed by atoms with E-state index in [0.29, 0.717) is 16.9 Å². The topological polar surface area (TPSA) is 148 Å². The first-order valence-corrected chi connectivity index (χ1v) is 9.23. The van der Waals surface area contributed by atoms with Gasteiger partial charge < -0.3 is 9.72 Å². The Morgan fingerprint density at radius 2 is 1.75 bits per heavy atom. The van der Waals surface area contributed by atoms with Crippen LogP contribution in [0.3, 0.4) is 0 Å². The van der Waals surface area contributed by atoms with Crippen molar-refractivity contribution in [1.82, 2.24) is 9.97 Å². The van der Waals surface area contributed by atoms with E-state index in [0.717, 1.165) is 17.6 Å². The molecule has 0 spiro atoms. The number of H-pyrrole nitrogens is 1. The molecule has 0 atom stereocenters. The number of nitro groups is 2. The van der Waals surface area contributed by atoms with E-state index >= 15 is 0 Å². The van der Waals surface area contributed by atoms with Crippen LogP contribution in [0.25, 0.3) is 22.7 Å². The number of hydrogen-bond acceptors (Lipinski definition) is 7. The standard InChI is InChI=1S/C22H13N5O5/c23-13-15(22-24-17-6-2-3-7-18(17)25-22)11-14-5-1-4-8-20(14)32-21-10-9-16(26(28)29)12-19(21)27(30)31/h1-12H,(H,24,25). The number of non-ortho nitro benzene ring substituents is 1. The Kier molecular flexibility index (Phi) is 5.29. The van der Waals surface area contributed by atoms with E-state index in [-0.39, 0.29) is 17.1 Å². The van der Waals surface area contributed by atoms with Crippen LogP contribution in [0.4, 0.5) is 11.4 Å². The second kappa shape index (κ2) is 8.37. The molecule has 0 saturated heterocycles. The van der Waals surface area contributed by atoms with Gasteiger partial charge in [0.1, 0.15) is 17.6 Å². The minimum Gasteiger partial charge on any atom is -0.449 e. The maximum absolute atomic E-state index is 11.4. The maximum atomic E-state index is 11.4. The molecule has 0 aliphatic carbocycles. The van der Waals surface area contributed by atoms with Crippen molar-refractivity contribution in [2.24, 2.45) is 0 Å². The molecule has 0 saturated carbocycles. The van der Waals surface area contributed by atoms with Gasteiger partial charge in [-0.1, -0.05) is 30.3 Å². The van der Waals surface area contributed by atoms with Crippen molar-refractivity contribution in [2.45, 2.75) is 0 Å². The lowest BCUT2D eigenvalue weighted by molar-refractivity contribution is -0.394. The van der Waals surface area contributed by atoms with Gasteiger partial charge in [0.25, 0.3) is 5.69 Å². The van der Waals surface area contributed by atoms with Crippen LogP contribution in [0.15, 0.2) is 66.7 Å². The molecule has 0 bridgehead atoms. The Balaban J connectivity index is 1.74. The predicted molar refractivity (Wildman–Crippen MR) is 116 cm³/mol. The normalized spacial score (nSPS) is 11.2. The number of nitro benzene ring substituents is 2. The van der Waals surface area contributed by atoms with E-state index in [1.54, 1.807) is 30.3 Å². The molecule has 1 aromatic heterocycles. The molecule has 0 unspecified atom stereocenters. The lowest BCUT2D eigenvalue weighted by Crippen LogP contribution is -1.97. The fourth-order valence-corrected chi connectivity index (χ4v) is 3.05. The number of aromatic nitrogens is 2. The predicted octanol–water partition coefficient (Wildman–Crippen LogP) is 5.24. The second-order valence-corrected chi connectivity index (χ2v) is 6.58. The van der Waals surface area contributed by atoms with Crippen molar-refractivity contribution in [2.75, 3.05) is 0 Å². The number of hydrogen-bond donors (Lipinski definition) is 1. The highest BCUT2D eigenvalue weighted by molar-refractivity contribution is 5.91. The number of rotatable bonds is 6. The van der Waals surface area contributed by atoms with Crippen LogP contribution in [-0.4, -0.2) is 19.8 Å². The quantitative estimate of drug-likeness (QED) is 0.251. The highest BCUT2D eigenvalue weighted by atomic mass is 16.6. The molecule has 1 N–H and O–H groups in total. The first kappa shape index (κ1) is 20.2. The zero-order chi connectivity index (χ0) is 22.7. The van der Waals surface area contributed by atoms with Crippen LogP contribution in [0.1, 0.15) is 11.4 Å². The summed E-state index contributed by atoms with van der Waals surface area (Å²) in [6.45, 7) is 0. The summed E-state index contributed by atoms with van der Waals surface area (Å²) in [5, 5.41) is 32.0. The number of aromatic amines is 1. The minimum absolute atomic E-state index is 0.163. The third-order valence-electron chi connectivity index (χ3n) is 4.55. The van der Waals surface area contributed by atoms with Crippen molar-refractivity contribution < 1.29 is 14.6 Å². The molecule has 0 amide bonds. The molecule has 4 aromatic rings. The van der Waals surface area contributed by atoms with Gasteiger partial charge in [0.05, 0.1) is 32.5 Å². The van der Waals surface area contributed by atoms with Crippen LogP contribution in [0.5, 0.6) is 11.5 Å². The molecule has 10 heteroatoms. The number of fused-ring (bicyclic) bond motifs is 1. The second-order valence-electron chi connectivity index (χ2n) is 6.58. The van der Waals surface area contributed by atoms with Gasteiger partial charge in [0.2, 0.25) is 5.75 Å². The van der Waals surface area contributed by atoms with Gasteiger partial charge in [0, 0.05) is 11.6 Å². The number of nitrogens with one attached hydrogen (secondary N) is 1. The monoisotopic (exact) mass is 427 g/mol. The van der Waals surface area contributed by atoms with Crippen LogP contribution in [0, 0.1) is 31.6 Å². The Morgan fingerprint density at radius 1 is 1.00 bits per heavy atom. The molecule has 1 heterocycles. The molecule has 10 nitrogen and oxygen atoms in total. The van der Waals surface area contributed by atoms with E-state index in [4.69, 9.17) is 4.74 Å². The molecular formula is C22H13N5O5. The summed E-state index contributed by atoms with van der Waals surface area (Å²) < 4.78 is 5.73. The van der Waals surface area contributed by atoms with Crippen molar-refractivity contribution in [3.05, 3.63) is 98.3 Å². The molecule has 0 aliphatic heterocycles. The van der Waals surface area contributed by atoms with Gasteiger partial charge in [-0.15, -0.1) is 0 Å². The summed E-state index contributed by atoms with van der Waals surface area (Å²) in [7, 11) is 0. The SMILES string of the molecule is N#CC(=Cc1ccccc1Oc1ccc([N+](=O)[O-])cc1[N+](=O)[O-])c1nc2ccccc2[nH]1. The number of benzene rings is 3. The molecule has 3 aromatic carbocycles. The minimum atomic E-state index is -0.754. The molecule has 0 radical (unpaired) electrons. The van der Waals surface area contributed by atoms with Gasteiger partial charge >= 0.3 is 5.69 Å². The lowest BCUT2D eigenvalue weighted by Gasteiger charge is -2.09. The van der Waals surface area contributed by atoms with Crippen molar-refractivity contribution in [3.8, 4) is 17.6 Å². The third-order valence-corrected chi connectivity index (χ3v) is 4.55. The first-order chi connectivity index (χ1) is 15.5. The summed E-state index contributed by atoms with van der Waals surface area (Å²) in [6.07, 6.45) is 1.55. The number of nitriles is 1. The summed E-state index contributed by atoms with van der Waals surface area (Å²) in [4.78, 5) is 28.4. The lowest BCUT2D eigenvalue weighted by atomic mass is 10.1. The summed E-state index contributed by atoms with van der Waals surface area (Å²) in [5.41, 5.74) is 1.21.